The number of sulfonamides is 1. The van der Waals surface area contributed by atoms with Crippen molar-refractivity contribution in [3.05, 3.63) is 65.7 Å². The summed E-state index contributed by atoms with van der Waals surface area (Å²) in [5.41, 5.74) is 1.76. The maximum atomic E-state index is 12.5. The zero-order valence-corrected chi connectivity index (χ0v) is 14.5. The first-order valence-electron chi connectivity index (χ1n) is 7.53. The van der Waals surface area contributed by atoms with Crippen LogP contribution in [0.3, 0.4) is 0 Å². The Balaban J connectivity index is 2.24. The Hall–Kier alpha value is -1.69. The lowest BCUT2D eigenvalue weighted by atomic mass is 9.87. The molecule has 0 saturated heterocycles. The summed E-state index contributed by atoms with van der Waals surface area (Å²) in [5.74, 6) is 0. The number of hydrogen-bond donors (Lipinski definition) is 2. The Kier molecular flexibility index (Phi) is 5.24. The van der Waals surface area contributed by atoms with Gasteiger partial charge < -0.3 is 5.11 Å². The molecule has 0 aromatic heterocycles. The van der Waals surface area contributed by atoms with Crippen molar-refractivity contribution in [3.8, 4) is 0 Å². The van der Waals surface area contributed by atoms with Gasteiger partial charge in [-0.15, -0.1) is 0 Å². The number of hydrogen-bond acceptors (Lipinski definition) is 3. The molecule has 2 rings (SSSR count). The number of rotatable bonds is 5. The Morgan fingerprint density at radius 3 is 2.04 bits per heavy atom. The highest BCUT2D eigenvalue weighted by molar-refractivity contribution is 7.89. The Labute approximate surface area is 138 Å². The Morgan fingerprint density at radius 2 is 1.57 bits per heavy atom. The van der Waals surface area contributed by atoms with Gasteiger partial charge in [0.05, 0.1) is 17.5 Å². The maximum Gasteiger partial charge on any atom is 0.241 e. The predicted molar refractivity (Wildman–Crippen MR) is 91.7 cm³/mol. The molecule has 0 aliphatic rings. The van der Waals surface area contributed by atoms with Crippen LogP contribution in [0.4, 0.5) is 0 Å². The first kappa shape index (κ1) is 17.7. The summed E-state index contributed by atoms with van der Waals surface area (Å²) in [6.45, 7) is 5.92. The van der Waals surface area contributed by atoms with Gasteiger partial charge in [0.1, 0.15) is 0 Å². The van der Waals surface area contributed by atoms with Crippen molar-refractivity contribution in [2.75, 3.05) is 6.61 Å². The summed E-state index contributed by atoms with van der Waals surface area (Å²) >= 11 is 0. The minimum Gasteiger partial charge on any atom is -0.394 e. The molecule has 1 unspecified atom stereocenters. The topological polar surface area (TPSA) is 66.4 Å². The smallest absolute Gasteiger partial charge is 0.241 e. The van der Waals surface area contributed by atoms with Gasteiger partial charge in [-0.3, -0.25) is 0 Å². The van der Waals surface area contributed by atoms with Crippen LogP contribution in [0.5, 0.6) is 0 Å². The Morgan fingerprint density at radius 1 is 1.00 bits per heavy atom. The molecule has 0 aliphatic carbocycles. The van der Waals surface area contributed by atoms with E-state index in [9.17, 15) is 13.5 Å². The van der Waals surface area contributed by atoms with E-state index in [0.717, 1.165) is 11.1 Å². The molecule has 5 heteroatoms. The molecular weight excluding hydrogens is 310 g/mol. The SMILES string of the molecule is CC(C)(C)c1ccc(S(=O)(=O)NC(CO)c2ccccc2)cc1. The molecule has 2 aromatic carbocycles. The first-order valence-corrected chi connectivity index (χ1v) is 9.01. The number of nitrogens with one attached hydrogen (secondary N) is 1. The number of aliphatic hydroxyl groups is 1. The molecule has 2 N–H and O–H groups in total. The third-order valence-electron chi connectivity index (χ3n) is 3.71. The second kappa shape index (κ2) is 6.83. The monoisotopic (exact) mass is 333 g/mol. The highest BCUT2D eigenvalue weighted by Crippen LogP contribution is 2.24. The van der Waals surface area contributed by atoms with Crippen molar-refractivity contribution in [1.29, 1.82) is 0 Å². The van der Waals surface area contributed by atoms with Crippen LogP contribution in [0.2, 0.25) is 0 Å². The molecule has 0 amide bonds. The highest BCUT2D eigenvalue weighted by atomic mass is 32.2. The van der Waals surface area contributed by atoms with Gasteiger partial charge in [-0.1, -0.05) is 63.2 Å². The molecule has 1 atom stereocenters. The van der Waals surface area contributed by atoms with E-state index in [-0.39, 0.29) is 16.9 Å². The van der Waals surface area contributed by atoms with Crippen LogP contribution in [-0.2, 0) is 15.4 Å². The molecule has 0 bridgehead atoms. The molecule has 0 spiro atoms. The molecule has 124 valence electrons. The summed E-state index contributed by atoms with van der Waals surface area (Å²) in [6, 6.07) is 15.2. The summed E-state index contributed by atoms with van der Waals surface area (Å²) < 4.78 is 27.6. The van der Waals surface area contributed by atoms with Crippen LogP contribution in [0.15, 0.2) is 59.5 Å². The molecular formula is C18H23NO3S. The van der Waals surface area contributed by atoms with E-state index < -0.39 is 16.1 Å². The minimum absolute atomic E-state index is 0.0343. The zero-order chi connectivity index (χ0) is 17.1. The lowest BCUT2D eigenvalue weighted by molar-refractivity contribution is 0.259. The fraction of sp³-hybridized carbons (Fsp3) is 0.333. The van der Waals surface area contributed by atoms with E-state index >= 15 is 0 Å². The molecule has 0 radical (unpaired) electrons. The van der Waals surface area contributed by atoms with Crippen LogP contribution in [0.25, 0.3) is 0 Å². The van der Waals surface area contributed by atoms with Gasteiger partial charge in [0.2, 0.25) is 10.0 Å². The zero-order valence-electron chi connectivity index (χ0n) is 13.7. The summed E-state index contributed by atoms with van der Waals surface area (Å²) in [4.78, 5) is 0.194. The van der Waals surface area contributed by atoms with Crippen molar-refractivity contribution in [1.82, 2.24) is 4.72 Å². The van der Waals surface area contributed by atoms with Gasteiger partial charge in [-0.25, -0.2) is 13.1 Å². The molecule has 0 aliphatic heterocycles. The third-order valence-corrected chi connectivity index (χ3v) is 5.20. The normalized spacial score (nSPS) is 13.7. The van der Waals surface area contributed by atoms with E-state index in [1.807, 2.05) is 30.3 Å². The summed E-state index contributed by atoms with van der Waals surface area (Å²) in [7, 11) is -3.69. The van der Waals surface area contributed by atoms with E-state index in [1.54, 1.807) is 24.3 Å². The largest absolute Gasteiger partial charge is 0.394 e. The lowest BCUT2D eigenvalue weighted by Crippen LogP contribution is -2.31. The first-order chi connectivity index (χ1) is 10.7. The second-order valence-corrected chi connectivity index (χ2v) is 8.26. The van der Waals surface area contributed by atoms with E-state index in [0.29, 0.717) is 0 Å². The minimum atomic E-state index is -3.69. The van der Waals surface area contributed by atoms with Crippen molar-refractivity contribution in [2.45, 2.75) is 37.1 Å². The fourth-order valence-electron chi connectivity index (χ4n) is 2.29. The quantitative estimate of drug-likeness (QED) is 0.884. The molecule has 4 nitrogen and oxygen atoms in total. The summed E-state index contributed by atoms with van der Waals surface area (Å²) in [5, 5.41) is 9.51. The maximum absolute atomic E-state index is 12.5. The van der Waals surface area contributed by atoms with Crippen LogP contribution in [-0.4, -0.2) is 20.1 Å². The lowest BCUT2D eigenvalue weighted by Gasteiger charge is -2.20. The number of aliphatic hydroxyl groups excluding tert-OH is 1. The number of benzene rings is 2. The highest BCUT2D eigenvalue weighted by Gasteiger charge is 2.22. The van der Waals surface area contributed by atoms with Crippen LogP contribution in [0.1, 0.15) is 37.9 Å². The van der Waals surface area contributed by atoms with Gasteiger partial charge in [0, 0.05) is 0 Å². The molecule has 23 heavy (non-hydrogen) atoms. The van der Waals surface area contributed by atoms with Gasteiger partial charge in [0.25, 0.3) is 0 Å². The fourth-order valence-corrected chi connectivity index (χ4v) is 3.50. The standard InChI is InChI=1S/C18H23NO3S/c1-18(2,3)15-9-11-16(12-10-15)23(21,22)19-17(13-20)14-7-5-4-6-8-14/h4-12,17,19-20H,13H2,1-3H3. The molecule has 0 heterocycles. The van der Waals surface area contributed by atoms with Gasteiger partial charge in [-0.05, 0) is 28.7 Å². The average molecular weight is 333 g/mol. The van der Waals surface area contributed by atoms with Gasteiger partial charge in [-0.2, -0.15) is 0 Å². The molecule has 0 saturated carbocycles. The Bertz CT molecular complexity index is 732. The van der Waals surface area contributed by atoms with Crippen molar-refractivity contribution in [3.63, 3.8) is 0 Å². The van der Waals surface area contributed by atoms with Crippen molar-refractivity contribution >= 4 is 10.0 Å². The average Bonchev–Trinajstić information content (AvgIpc) is 2.53. The van der Waals surface area contributed by atoms with Crippen LogP contribution >= 0.6 is 0 Å². The van der Waals surface area contributed by atoms with Crippen LogP contribution < -0.4 is 4.72 Å². The third kappa shape index (κ3) is 4.41. The van der Waals surface area contributed by atoms with E-state index in [4.69, 9.17) is 0 Å². The second-order valence-electron chi connectivity index (χ2n) is 6.54. The van der Waals surface area contributed by atoms with Gasteiger partial charge >= 0.3 is 0 Å². The summed E-state index contributed by atoms with van der Waals surface area (Å²) in [6.07, 6.45) is 0. The van der Waals surface area contributed by atoms with Gasteiger partial charge in [0.15, 0.2) is 0 Å². The molecule has 0 fully saturated rings. The predicted octanol–water partition coefficient (Wildman–Crippen LogP) is 3.00. The molecule has 2 aromatic rings. The van der Waals surface area contributed by atoms with E-state index in [2.05, 4.69) is 25.5 Å². The van der Waals surface area contributed by atoms with E-state index in [1.165, 1.54) is 0 Å². The van der Waals surface area contributed by atoms with Crippen molar-refractivity contribution in [2.24, 2.45) is 0 Å². The van der Waals surface area contributed by atoms with Crippen molar-refractivity contribution < 1.29 is 13.5 Å². The van der Waals surface area contributed by atoms with Crippen LogP contribution in [0, 0.1) is 0 Å².